The predicted octanol–water partition coefficient (Wildman–Crippen LogP) is 3.86. The van der Waals surface area contributed by atoms with Crippen LogP contribution in [0.2, 0.25) is 0 Å². The van der Waals surface area contributed by atoms with Gasteiger partial charge in [-0.3, -0.25) is 9.59 Å². The van der Waals surface area contributed by atoms with Gasteiger partial charge in [0.05, 0.1) is 18.3 Å². The Bertz CT molecular complexity index is 1160. The number of nitrogens with zero attached hydrogens (tertiary/aromatic N) is 1. The monoisotopic (exact) mass is 493 g/mol. The minimum Gasteiger partial charge on any atom is -0.423 e. The van der Waals surface area contributed by atoms with Gasteiger partial charge in [-0.05, 0) is 67.1 Å². The Hall–Kier alpha value is -3.78. The summed E-state index contributed by atoms with van der Waals surface area (Å²) in [6.07, 6.45) is 1.44. The summed E-state index contributed by atoms with van der Waals surface area (Å²) in [5, 5.41) is 6.39. The van der Waals surface area contributed by atoms with Gasteiger partial charge in [0.1, 0.15) is 5.75 Å². The smallest absolute Gasteiger partial charge is 0.343 e. The second kappa shape index (κ2) is 11.0. The number of amides is 2. The summed E-state index contributed by atoms with van der Waals surface area (Å²) >= 11 is 3.29. The van der Waals surface area contributed by atoms with Crippen LogP contribution < -0.4 is 15.5 Å². The molecule has 162 valence electrons. The van der Waals surface area contributed by atoms with E-state index in [1.165, 1.54) is 6.21 Å². The van der Waals surface area contributed by atoms with E-state index in [2.05, 4.69) is 31.8 Å². The molecule has 0 aliphatic rings. The lowest BCUT2D eigenvalue weighted by molar-refractivity contribution is -0.120. The van der Waals surface area contributed by atoms with Gasteiger partial charge in [-0.2, -0.15) is 5.10 Å². The van der Waals surface area contributed by atoms with Crippen LogP contribution in [0.1, 0.15) is 31.8 Å². The molecule has 0 unspecified atom stereocenters. The van der Waals surface area contributed by atoms with Gasteiger partial charge in [0.2, 0.25) is 0 Å². The maximum atomic E-state index is 12.2. The molecule has 0 saturated carbocycles. The molecule has 0 atom stereocenters. The molecule has 0 aromatic heterocycles. The Morgan fingerprint density at radius 2 is 1.69 bits per heavy atom. The lowest BCUT2D eigenvalue weighted by atomic mass is 10.1. The van der Waals surface area contributed by atoms with Crippen molar-refractivity contribution in [1.82, 2.24) is 10.7 Å². The van der Waals surface area contributed by atoms with Crippen LogP contribution in [-0.2, 0) is 4.79 Å². The number of carbonyl (C=O) groups excluding carboxylic acids is 3. The Kier molecular flexibility index (Phi) is 7.88. The van der Waals surface area contributed by atoms with Gasteiger partial charge in [0.25, 0.3) is 11.8 Å². The Balaban J connectivity index is 1.45. The first-order valence-corrected chi connectivity index (χ1v) is 10.4. The number of rotatable bonds is 7. The summed E-state index contributed by atoms with van der Waals surface area (Å²) < 4.78 is 6.13. The summed E-state index contributed by atoms with van der Waals surface area (Å²) in [5.41, 5.74) is 4.93. The number of hydrazone groups is 1. The van der Waals surface area contributed by atoms with Crippen LogP contribution in [0.15, 0.2) is 82.4 Å². The Morgan fingerprint density at radius 1 is 0.969 bits per heavy atom. The highest BCUT2D eigenvalue weighted by Gasteiger charge is 2.09. The van der Waals surface area contributed by atoms with E-state index < -0.39 is 11.9 Å². The highest BCUT2D eigenvalue weighted by molar-refractivity contribution is 9.10. The maximum absolute atomic E-state index is 12.2. The third kappa shape index (κ3) is 6.88. The van der Waals surface area contributed by atoms with Gasteiger partial charge < -0.3 is 10.1 Å². The van der Waals surface area contributed by atoms with E-state index in [4.69, 9.17) is 4.74 Å². The second-order valence-corrected chi connectivity index (χ2v) is 7.73. The van der Waals surface area contributed by atoms with Gasteiger partial charge in [-0.1, -0.05) is 39.7 Å². The van der Waals surface area contributed by atoms with E-state index in [-0.39, 0.29) is 12.5 Å². The minimum absolute atomic E-state index is 0.212. The van der Waals surface area contributed by atoms with Gasteiger partial charge >= 0.3 is 5.97 Å². The molecule has 0 bridgehead atoms. The number of esters is 1. The standard InChI is InChI=1S/C24H20BrN3O4/c1-16-4-2-6-19(12-16)24(31)32-21-10-8-17(9-11-21)14-27-28-22(29)15-26-23(30)18-5-3-7-20(25)13-18/h2-14H,15H2,1H3,(H,26,30)(H,28,29). The maximum Gasteiger partial charge on any atom is 0.343 e. The van der Waals surface area contributed by atoms with Crippen molar-refractivity contribution in [2.45, 2.75) is 6.92 Å². The van der Waals surface area contributed by atoms with E-state index in [1.807, 2.05) is 13.0 Å². The number of ether oxygens (including phenoxy) is 1. The molecule has 0 aliphatic carbocycles. The van der Waals surface area contributed by atoms with Crippen molar-refractivity contribution in [2.75, 3.05) is 6.54 Å². The van der Waals surface area contributed by atoms with Crippen molar-refractivity contribution < 1.29 is 19.1 Å². The zero-order valence-corrected chi connectivity index (χ0v) is 18.8. The quantitative estimate of drug-likeness (QED) is 0.226. The highest BCUT2D eigenvalue weighted by Crippen LogP contribution is 2.14. The normalized spacial score (nSPS) is 10.6. The molecule has 7 nitrogen and oxygen atoms in total. The van der Waals surface area contributed by atoms with Crippen molar-refractivity contribution in [3.63, 3.8) is 0 Å². The fourth-order valence-electron chi connectivity index (χ4n) is 2.67. The van der Waals surface area contributed by atoms with E-state index in [9.17, 15) is 14.4 Å². The number of hydrogen-bond acceptors (Lipinski definition) is 5. The first kappa shape index (κ1) is 22.9. The lowest BCUT2D eigenvalue weighted by Gasteiger charge is -2.05. The SMILES string of the molecule is Cc1cccc(C(=O)Oc2ccc(C=NNC(=O)CNC(=O)c3cccc(Br)c3)cc2)c1. The highest BCUT2D eigenvalue weighted by atomic mass is 79.9. The molecule has 0 saturated heterocycles. The van der Waals surface area contributed by atoms with E-state index in [1.54, 1.807) is 66.7 Å². The molecule has 3 aromatic rings. The molecule has 0 spiro atoms. The third-order valence-corrected chi connectivity index (χ3v) is 4.74. The molecule has 2 N–H and O–H groups in total. The average molecular weight is 494 g/mol. The van der Waals surface area contributed by atoms with Crippen LogP contribution in [0.25, 0.3) is 0 Å². The topological polar surface area (TPSA) is 96.9 Å². The first-order chi connectivity index (χ1) is 15.4. The van der Waals surface area contributed by atoms with E-state index in [0.29, 0.717) is 22.4 Å². The number of hydrogen-bond donors (Lipinski definition) is 2. The number of benzene rings is 3. The molecular formula is C24H20BrN3O4. The minimum atomic E-state index is -0.465. The fraction of sp³-hybridized carbons (Fsp3) is 0.0833. The summed E-state index contributed by atoms with van der Waals surface area (Å²) in [4.78, 5) is 36.1. The van der Waals surface area contributed by atoms with Crippen LogP contribution in [-0.4, -0.2) is 30.5 Å². The summed E-state index contributed by atoms with van der Waals surface area (Å²) in [6.45, 7) is 1.69. The molecule has 3 aromatic carbocycles. The number of aryl methyl sites for hydroxylation is 1. The molecule has 2 amide bonds. The molecule has 0 radical (unpaired) electrons. The Morgan fingerprint density at radius 3 is 2.41 bits per heavy atom. The summed E-state index contributed by atoms with van der Waals surface area (Å²) in [7, 11) is 0. The van der Waals surface area contributed by atoms with Crippen LogP contribution in [0.4, 0.5) is 0 Å². The van der Waals surface area contributed by atoms with Crippen molar-refractivity contribution in [3.8, 4) is 5.75 Å². The molecule has 32 heavy (non-hydrogen) atoms. The zero-order chi connectivity index (χ0) is 22.9. The van der Waals surface area contributed by atoms with Crippen molar-refractivity contribution in [3.05, 3.63) is 99.5 Å². The van der Waals surface area contributed by atoms with Crippen LogP contribution >= 0.6 is 15.9 Å². The number of carbonyl (C=O) groups is 3. The third-order valence-electron chi connectivity index (χ3n) is 4.24. The van der Waals surface area contributed by atoms with Crippen LogP contribution in [0.3, 0.4) is 0 Å². The van der Waals surface area contributed by atoms with Crippen molar-refractivity contribution in [2.24, 2.45) is 5.10 Å². The van der Waals surface area contributed by atoms with Gasteiger partial charge in [0.15, 0.2) is 0 Å². The second-order valence-electron chi connectivity index (χ2n) is 6.81. The molecular weight excluding hydrogens is 474 g/mol. The molecule has 3 rings (SSSR count). The largest absolute Gasteiger partial charge is 0.423 e. The number of nitrogens with one attached hydrogen (secondary N) is 2. The molecule has 8 heteroatoms. The number of halogens is 1. The summed E-state index contributed by atoms with van der Waals surface area (Å²) in [5.74, 6) is -0.866. The molecule has 0 heterocycles. The molecule has 0 fully saturated rings. The van der Waals surface area contributed by atoms with E-state index >= 15 is 0 Å². The first-order valence-electron chi connectivity index (χ1n) is 9.65. The zero-order valence-electron chi connectivity index (χ0n) is 17.2. The van der Waals surface area contributed by atoms with Crippen molar-refractivity contribution >= 4 is 39.9 Å². The lowest BCUT2D eigenvalue weighted by Crippen LogP contribution is -2.34. The van der Waals surface area contributed by atoms with Gasteiger partial charge in [0, 0.05) is 10.0 Å². The fourth-order valence-corrected chi connectivity index (χ4v) is 3.07. The summed E-state index contributed by atoms with van der Waals surface area (Å²) in [6, 6.07) is 20.7. The van der Waals surface area contributed by atoms with Crippen LogP contribution in [0.5, 0.6) is 5.75 Å². The Labute approximate surface area is 193 Å². The van der Waals surface area contributed by atoms with E-state index in [0.717, 1.165) is 10.0 Å². The van der Waals surface area contributed by atoms with Crippen molar-refractivity contribution in [1.29, 1.82) is 0 Å². The van der Waals surface area contributed by atoms with Crippen LogP contribution in [0, 0.1) is 6.92 Å². The average Bonchev–Trinajstić information content (AvgIpc) is 2.78. The van der Waals surface area contributed by atoms with Gasteiger partial charge in [-0.15, -0.1) is 0 Å². The predicted molar refractivity (Wildman–Crippen MR) is 125 cm³/mol. The molecule has 0 aliphatic heterocycles. The van der Waals surface area contributed by atoms with Gasteiger partial charge in [-0.25, -0.2) is 10.2 Å².